The number of H-pyrrole nitrogens is 1. The topological polar surface area (TPSA) is 84.1 Å². The van der Waals surface area contributed by atoms with Gasteiger partial charge in [-0.25, -0.2) is 4.98 Å². The molecule has 2 aromatic carbocycles. The van der Waals surface area contributed by atoms with Gasteiger partial charge in [0.25, 0.3) is 5.56 Å². The summed E-state index contributed by atoms with van der Waals surface area (Å²) in [6.07, 6.45) is 1.34. The van der Waals surface area contributed by atoms with Gasteiger partial charge >= 0.3 is 0 Å². The van der Waals surface area contributed by atoms with Gasteiger partial charge in [-0.05, 0) is 36.2 Å². The minimum Gasteiger partial charge on any atom is -0.494 e. The van der Waals surface area contributed by atoms with Gasteiger partial charge in [0, 0.05) is 30.0 Å². The predicted octanol–water partition coefficient (Wildman–Crippen LogP) is 4.62. The molecule has 2 aromatic heterocycles. The summed E-state index contributed by atoms with van der Waals surface area (Å²) in [5.74, 6) is 1.29. The van der Waals surface area contributed by atoms with E-state index in [1.807, 2.05) is 47.8 Å². The van der Waals surface area contributed by atoms with Crippen LogP contribution >= 0.6 is 11.3 Å². The molecule has 0 atom stereocenters. The van der Waals surface area contributed by atoms with Gasteiger partial charge in [0.1, 0.15) is 16.4 Å². The second-order valence-electron chi connectivity index (χ2n) is 6.87. The second-order valence-corrected chi connectivity index (χ2v) is 7.72. The van der Waals surface area contributed by atoms with E-state index in [0.717, 1.165) is 33.8 Å². The number of carbonyl (C=O) groups excluding carboxylic acids is 1. The molecule has 2 N–H and O–H groups in total. The minimum atomic E-state index is -0.108. The summed E-state index contributed by atoms with van der Waals surface area (Å²) in [6.45, 7) is 1.97. The Hall–Kier alpha value is -3.45. The number of nitrogens with zero attached hydrogens (tertiary/aromatic N) is 1. The molecule has 152 valence electrons. The highest BCUT2D eigenvalue weighted by molar-refractivity contribution is 7.17. The van der Waals surface area contributed by atoms with Gasteiger partial charge in [0.05, 0.1) is 12.0 Å². The van der Waals surface area contributed by atoms with E-state index in [-0.39, 0.29) is 11.5 Å². The lowest BCUT2D eigenvalue weighted by atomic mass is 10.1. The van der Waals surface area contributed by atoms with Crippen molar-refractivity contribution in [1.29, 1.82) is 0 Å². The molecular weight excluding hydrogens is 398 g/mol. The van der Waals surface area contributed by atoms with E-state index in [9.17, 15) is 9.59 Å². The molecule has 0 bridgehead atoms. The summed E-state index contributed by atoms with van der Waals surface area (Å²) < 4.78 is 5.74. The molecule has 4 rings (SSSR count). The molecule has 0 saturated heterocycles. The predicted molar refractivity (Wildman–Crippen MR) is 120 cm³/mol. The quantitative estimate of drug-likeness (QED) is 0.428. The van der Waals surface area contributed by atoms with E-state index in [1.165, 1.54) is 18.3 Å². The first-order valence-electron chi connectivity index (χ1n) is 9.66. The monoisotopic (exact) mass is 419 g/mol. The third-order valence-corrected chi connectivity index (χ3v) is 5.45. The first-order valence-corrected chi connectivity index (χ1v) is 10.5. The lowest BCUT2D eigenvalue weighted by molar-refractivity contribution is -0.114. The molecule has 6 nitrogen and oxygen atoms in total. The van der Waals surface area contributed by atoms with E-state index in [1.54, 1.807) is 12.1 Å². The van der Waals surface area contributed by atoms with E-state index < -0.39 is 0 Å². The maximum atomic E-state index is 12.7. The molecule has 30 heavy (non-hydrogen) atoms. The Morgan fingerprint density at radius 2 is 1.90 bits per heavy atom. The molecule has 0 aliphatic heterocycles. The number of hydrogen-bond donors (Lipinski definition) is 2. The van der Waals surface area contributed by atoms with Crippen LogP contribution in [0.2, 0.25) is 0 Å². The van der Waals surface area contributed by atoms with Crippen molar-refractivity contribution in [3.05, 3.63) is 76.2 Å². The smallest absolute Gasteiger partial charge is 0.260 e. The molecule has 0 saturated carbocycles. The van der Waals surface area contributed by atoms with Gasteiger partial charge in [-0.15, -0.1) is 11.3 Å². The number of aromatic nitrogens is 2. The molecule has 0 aliphatic carbocycles. The van der Waals surface area contributed by atoms with Crippen molar-refractivity contribution in [2.24, 2.45) is 0 Å². The number of ether oxygens (including phenoxy) is 1. The van der Waals surface area contributed by atoms with Gasteiger partial charge in [0.2, 0.25) is 5.91 Å². The second kappa shape index (κ2) is 8.92. The van der Waals surface area contributed by atoms with Crippen molar-refractivity contribution < 1.29 is 9.53 Å². The van der Waals surface area contributed by atoms with Crippen LogP contribution in [0, 0.1) is 0 Å². The highest BCUT2D eigenvalue weighted by Gasteiger charge is 2.12. The van der Waals surface area contributed by atoms with Crippen LogP contribution in [0.5, 0.6) is 5.75 Å². The zero-order valence-corrected chi connectivity index (χ0v) is 17.3. The number of rotatable bonds is 7. The third kappa shape index (κ3) is 4.58. The van der Waals surface area contributed by atoms with Gasteiger partial charge in [0.15, 0.2) is 0 Å². The number of benzene rings is 2. The number of carbonyl (C=O) groups is 1. The molecule has 0 radical (unpaired) electrons. The number of aryl methyl sites for hydroxylation is 1. The van der Waals surface area contributed by atoms with Crippen molar-refractivity contribution in [3.8, 4) is 16.9 Å². The summed E-state index contributed by atoms with van der Waals surface area (Å²) in [5, 5.41) is 5.35. The number of nitrogens with one attached hydrogen (secondary N) is 2. The Labute approximate surface area is 177 Å². The van der Waals surface area contributed by atoms with Crippen LogP contribution in [-0.2, 0) is 11.2 Å². The number of hydrogen-bond acceptors (Lipinski definition) is 5. The van der Waals surface area contributed by atoms with Crippen molar-refractivity contribution >= 4 is 33.1 Å². The van der Waals surface area contributed by atoms with Crippen molar-refractivity contribution in [2.75, 3.05) is 11.9 Å². The maximum absolute atomic E-state index is 12.7. The number of amides is 1. The number of aromatic amines is 1. The van der Waals surface area contributed by atoms with Gasteiger partial charge in [-0.2, -0.15) is 0 Å². The molecule has 0 spiro atoms. The molecule has 2 heterocycles. The molecular formula is C23H21N3O3S. The number of anilines is 1. The standard InChI is InChI=1S/C23H21N3O3S/c1-15(27)24-17-9-11-18(12-10-17)29-13-5-8-20-25-22(28)21-19(14-30-23(21)26-20)16-6-3-2-4-7-16/h2-4,6-7,9-12,14H,5,8,13H2,1H3,(H,24,27)(H,25,26,28). The SMILES string of the molecule is CC(=O)Nc1ccc(OCCCc2nc3scc(-c4ccccc4)c3c(=O)[nH]2)cc1. The zero-order valence-electron chi connectivity index (χ0n) is 16.5. The Balaban J connectivity index is 1.38. The molecule has 0 aliphatic rings. The van der Waals surface area contributed by atoms with Crippen LogP contribution in [0.4, 0.5) is 5.69 Å². The van der Waals surface area contributed by atoms with E-state index in [4.69, 9.17) is 4.74 Å². The van der Waals surface area contributed by atoms with Crippen LogP contribution in [-0.4, -0.2) is 22.5 Å². The Morgan fingerprint density at radius 3 is 2.63 bits per heavy atom. The Kier molecular flexibility index (Phi) is 5.90. The largest absolute Gasteiger partial charge is 0.494 e. The molecule has 4 aromatic rings. The molecule has 0 fully saturated rings. The van der Waals surface area contributed by atoms with Crippen LogP contribution in [0.3, 0.4) is 0 Å². The summed E-state index contributed by atoms with van der Waals surface area (Å²) in [7, 11) is 0. The van der Waals surface area contributed by atoms with Crippen molar-refractivity contribution in [1.82, 2.24) is 9.97 Å². The van der Waals surface area contributed by atoms with E-state index in [2.05, 4.69) is 15.3 Å². The van der Waals surface area contributed by atoms with Crippen molar-refractivity contribution in [3.63, 3.8) is 0 Å². The maximum Gasteiger partial charge on any atom is 0.260 e. The summed E-state index contributed by atoms with van der Waals surface area (Å²) in [4.78, 5) is 32.0. The summed E-state index contributed by atoms with van der Waals surface area (Å²) in [6, 6.07) is 17.1. The van der Waals surface area contributed by atoms with Crippen LogP contribution in [0.15, 0.2) is 64.8 Å². The molecule has 0 unspecified atom stereocenters. The lowest BCUT2D eigenvalue weighted by Gasteiger charge is -2.07. The minimum absolute atomic E-state index is 0.107. The summed E-state index contributed by atoms with van der Waals surface area (Å²) >= 11 is 1.49. The normalized spacial score (nSPS) is 10.8. The van der Waals surface area contributed by atoms with Crippen LogP contribution < -0.4 is 15.6 Å². The number of fused-ring (bicyclic) bond motifs is 1. The lowest BCUT2D eigenvalue weighted by Crippen LogP contribution is -2.12. The Morgan fingerprint density at radius 1 is 1.13 bits per heavy atom. The average molecular weight is 420 g/mol. The van der Waals surface area contributed by atoms with E-state index >= 15 is 0 Å². The van der Waals surface area contributed by atoms with Gasteiger partial charge in [-0.1, -0.05) is 30.3 Å². The molecule has 1 amide bonds. The van der Waals surface area contributed by atoms with E-state index in [0.29, 0.717) is 24.2 Å². The zero-order chi connectivity index (χ0) is 20.9. The average Bonchev–Trinajstić information content (AvgIpc) is 3.17. The highest BCUT2D eigenvalue weighted by Crippen LogP contribution is 2.30. The van der Waals surface area contributed by atoms with Crippen LogP contribution in [0.25, 0.3) is 21.3 Å². The first-order chi connectivity index (χ1) is 14.6. The number of thiophene rings is 1. The van der Waals surface area contributed by atoms with Gasteiger partial charge in [-0.3, -0.25) is 9.59 Å². The fraction of sp³-hybridized carbons (Fsp3) is 0.174. The van der Waals surface area contributed by atoms with Crippen LogP contribution in [0.1, 0.15) is 19.2 Å². The first kappa shape index (κ1) is 19.8. The summed E-state index contributed by atoms with van der Waals surface area (Å²) in [5.41, 5.74) is 2.56. The Bertz CT molecular complexity index is 1210. The van der Waals surface area contributed by atoms with Gasteiger partial charge < -0.3 is 15.0 Å². The molecule has 7 heteroatoms. The van der Waals surface area contributed by atoms with Crippen molar-refractivity contribution in [2.45, 2.75) is 19.8 Å². The fourth-order valence-corrected chi connectivity index (χ4v) is 4.18. The third-order valence-electron chi connectivity index (χ3n) is 4.58. The fourth-order valence-electron chi connectivity index (χ4n) is 3.21. The highest BCUT2D eigenvalue weighted by atomic mass is 32.1.